The number of hydrogen-bond acceptors (Lipinski definition) is 8. The van der Waals surface area contributed by atoms with Gasteiger partial charge in [-0.1, -0.05) is 11.5 Å². The van der Waals surface area contributed by atoms with E-state index in [0.717, 1.165) is 51.5 Å². The predicted molar refractivity (Wildman–Crippen MR) is 113 cm³/mol. The lowest BCUT2D eigenvalue weighted by Gasteiger charge is -2.34. The monoisotopic (exact) mass is 414 g/mol. The average molecular weight is 414 g/mol. The second-order valence-electron chi connectivity index (χ2n) is 7.02. The minimum absolute atomic E-state index is 0.0194. The van der Waals surface area contributed by atoms with Crippen LogP contribution in [0.5, 0.6) is 0 Å². The van der Waals surface area contributed by atoms with Crippen LogP contribution in [0.3, 0.4) is 0 Å². The van der Waals surface area contributed by atoms with Crippen LogP contribution in [0.25, 0.3) is 10.1 Å². The van der Waals surface area contributed by atoms with Crippen LogP contribution in [-0.4, -0.2) is 56.5 Å². The van der Waals surface area contributed by atoms with Gasteiger partial charge in [-0.05, 0) is 31.5 Å². The number of anilines is 1. The topological polar surface area (TPSA) is 97.4 Å². The van der Waals surface area contributed by atoms with Crippen LogP contribution >= 0.6 is 11.5 Å². The van der Waals surface area contributed by atoms with Gasteiger partial charge >= 0.3 is 0 Å². The van der Waals surface area contributed by atoms with Crippen molar-refractivity contribution in [2.75, 3.05) is 37.6 Å². The van der Waals surface area contributed by atoms with Crippen molar-refractivity contribution in [1.29, 1.82) is 0 Å². The number of rotatable bonds is 7. The van der Waals surface area contributed by atoms with Gasteiger partial charge in [-0.15, -0.1) is 0 Å². The minimum atomic E-state index is -0.433. The Bertz CT molecular complexity index is 1040. The molecule has 9 nitrogen and oxygen atoms in total. The molecule has 0 saturated carbocycles. The number of nitro benzene ring substituents is 1. The number of aromatic nitrogens is 3. The van der Waals surface area contributed by atoms with E-state index in [9.17, 15) is 14.9 Å². The molecule has 1 aliphatic rings. The van der Waals surface area contributed by atoms with Gasteiger partial charge in [0.25, 0.3) is 11.2 Å². The standard InChI is InChI=1S/C19H22N6O3S/c26-18-16-5-4-15(25(27)28)14-17(16)29-24(18)9-2-1-8-22-10-12-23(13-11-22)19-20-6-3-7-21-19/h3-7,14H,1-2,8-13H2. The van der Waals surface area contributed by atoms with Crippen LogP contribution in [0.4, 0.5) is 11.6 Å². The minimum Gasteiger partial charge on any atom is -0.338 e. The van der Waals surface area contributed by atoms with Gasteiger partial charge in [0.15, 0.2) is 0 Å². The Labute approximate surface area is 171 Å². The van der Waals surface area contributed by atoms with Crippen molar-refractivity contribution in [3.63, 3.8) is 0 Å². The van der Waals surface area contributed by atoms with Crippen LogP contribution in [0.15, 0.2) is 41.5 Å². The second kappa shape index (κ2) is 8.66. The van der Waals surface area contributed by atoms with Gasteiger partial charge in [-0.2, -0.15) is 0 Å². The SMILES string of the molecule is O=c1c2ccc([N+](=O)[O-])cc2sn1CCCCN1CCN(c2ncccn2)CC1. The van der Waals surface area contributed by atoms with Gasteiger partial charge in [-0.25, -0.2) is 9.97 Å². The molecule has 0 unspecified atom stereocenters. The number of fused-ring (bicyclic) bond motifs is 1. The lowest BCUT2D eigenvalue weighted by atomic mass is 10.2. The highest BCUT2D eigenvalue weighted by Gasteiger charge is 2.18. The molecule has 0 radical (unpaired) electrons. The summed E-state index contributed by atoms with van der Waals surface area (Å²) in [7, 11) is 0. The summed E-state index contributed by atoms with van der Waals surface area (Å²) in [6.45, 7) is 5.42. The Morgan fingerprint density at radius 2 is 1.79 bits per heavy atom. The Morgan fingerprint density at radius 3 is 2.52 bits per heavy atom. The molecule has 0 amide bonds. The molecule has 4 rings (SSSR count). The molecule has 0 atom stereocenters. The van der Waals surface area contributed by atoms with Crippen molar-refractivity contribution < 1.29 is 4.92 Å². The van der Waals surface area contributed by atoms with Gasteiger partial charge in [0.2, 0.25) is 5.95 Å². The highest BCUT2D eigenvalue weighted by molar-refractivity contribution is 7.13. The molecule has 1 aliphatic heterocycles. The van der Waals surface area contributed by atoms with Gasteiger partial charge in [-0.3, -0.25) is 23.8 Å². The Morgan fingerprint density at radius 1 is 1.07 bits per heavy atom. The first-order valence-electron chi connectivity index (χ1n) is 9.64. The molecule has 1 aromatic carbocycles. The largest absolute Gasteiger partial charge is 0.338 e. The molecule has 2 aromatic heterocycles. The van der Waals surface area contributed by atoms with E-state index in [4.69, 9.17) is 0 Å². The highest BCUT2D eigenvalue weighted by Crippen LogP contribution is 2.23. The Balaban J connectivity index is 1.25. The van der Waals surface area contributed by atoms with Crippen molar-refractivity contribution in [1.82, 2.24) is 18.8 Å². The first-order valence-corrected chi connectivity index (χ1v) is 10.4. The molecule has 1 saturated heterocycles. The van der Waals surface area contributed by atoms with Gasteiger partial charge < -0.3 is 4.90 Å². The highest BCUT2D eigenvalue weighted by atomic mass is 32.1. The van der Waals surface area contributed by atoms with Crippen LogP contribution < -0.4 is 10.5 Å². The van der Waals surface area contributed by atoms with E-state index in [1.807, 2.05) is 6.07 Å². The van der Waals surface area contributed by atoms with Crippen molar-refractivity contribution in [2.24, 2.45) is 0 Å². The first-order chi connectivity index (χ1) is 14.1. The third kappa shape index (κ3) is 4.43. The second-order valence-corrected chi connectivity index (χ2v) is 8.08. The zero-order valence-electron chi connectivity index (χ0n) is 15.9. The van der Waals surface area contributed by atoms with E-state index in [-0.39, 0.29) is 11.2 Å². The molecular weight excluding hydrogens is 392 g/mol. The number of nitro groups is 1. The summed E-state index contributed by atoms with van der Waals surface area (Å²) in [4.78, 5) is 36.2. The number of piperazine rings is 1. The molecule has 0 aliphatic carbocycles. The summed E-state index contributed by atoms with van der Waals surface area (Å²) in [6.07, 6.45) is 5.44. The summed E-state index contributed by atoms with van der Waals surface area (Å²) in [5.41, 5.74) is -0.0395. The lowest BCUT2D eigenvalue weighted by molar-refractivity contribution is -0.384. The van der Waals surface area contributed by atoms with Crippen LogP contribution in [0.1, 0.15) is 12.8 Å². The normalized spacial score (nSPS) is 15.1. The zero-order chi connectivity index (χ0) is 20.2. The number of benzene rings is 1. The van der Waals surface area contributed by atoms with Crippen molar-refractivity contribution in [2.45, 2.75) is 19.4 Å². The Hall–Kier alpha value is -2.85. The molecule has 1 fully saturated rings. The molecule has 0 spiro atoms. The van der Waals surface area contributed by atoms with Crippen molar-refractivity contribution >= 4 is 33.3 Å². The third-order valence-corrected chi connectivity index (χ3v) is 6.24. The molecule has 0 bridgehead atoms. The molecule has 3 heterocycles. The fraction of sp³-hybridized carbons (Fsp3) is 0.421. The van der Waals surface area contributed by atoms with Crippen LogP contribution in [0, 0.1) is 10.1 Å². The number of aryl methyl sites for hydroxylation is 1. The van der Waals surface area contributed by atoms with E-state index in [1.165, 1.54) is 23.7 Å². The van der Waals surface area contributed by atoms with E-state index in [2.05, 4.69) is 19.8 Å². The summed E-state index contributed by atoms with van der Waals surface area (Å²) in [5, 5.41) is 11.5. The van der Waals surface area contributed by atoms with Gasteiger partial charge in [0.1, 0.15) is 0 Å². The fourth-order valence-corrected chi connectivity index (χ4v) is 4.60. The summed E-state index contributed by atoms with van der Waals surface area (Å²) in [6, 6.07) is 6.25. The zero-order valence-corrected chi connectivity index (χ0v) is 16.8. The fourth-order valence-electron chi connectivity index (χ4n) is 3.54. The maximum absolute atomic E-state index is 12.5. The molecule has 152 valence electrons. The molecule has 29 heavy (non-hydrogen) atoms. The van der Waals surface area contributed by atoms with Gasteiger partial charge in [0, 0.05) is 57.3 Å². The van der Waals surface area contributed by atoms with Crippen LogP contribution in [0.2, 0.25) is 0 Å². The molecular formula is C19H22N6O3S. The molecule has 10 heteroatoms. The van der Waals surface area contributed by atoms with E-state index < -0.39 is 4.92 Å². The van der Waals surface area contributed by atoms with Gasteiger partial charge in [0.05, 0.1) is 15.0 Å². The molecule has 0 N–H and O–H groups in total. The number of nitrogens with zero attached hydrogens (tertiary/aromatic N) is 6. The average Bonchev–Trinajstić information content (AvgIpc) is 3.07. The van der Waals surface area contributed by atoms with Crippen molar-refractivity contribution in [3.05, 3.63) is 57.1 Å². The first kappa shape index (κ1) is 19.5. The summed E-state index contributed by atoms with van der Waals surface area (Å²) in [5.74, 6) is 0.788. The third-order valence-electron chi connectivity index (χ3n) is 5.13. The number of non-ortho nitro benzene ring substituents is 1. The van der Waals surface area contributed by atoms with E-state index >= 15 is 0 Å². The summed E-state index contributed by atoms with van der Waals surface area (Å²) < 4.78 is 2.38. The maximum atomic E-state index is 12.5. The van der Waals surface area contributed by atoms with Crippen molar-refractivity contribution in [3.8, 4) is 0 Å². The predicted octanol–water partition coefficient (Wildman–Crippen LogP) is 2.36. The van der Waals surface area contributed by atoms with E-state index in [1.54, 1.807) is 22.4 Å². The number of unbranched alkanes of at least 4 members (excludes halogenated alkanes) is 1. The lowest BCUT2D eigenvalue weighted by Crippen LogP contribution is -2.47. The smallest absolute Gasteiger partial charge is 0.270 e. The van der Waals surface area contributed by atoms with E-state index in [0.29, 0.717) is 16.6 Å². The number of hydrogen-bond donors (Lipinski definition) is 0. The quantitative estimate of drug-likeness (QED) is 0.333. The molecule has 3 aromatic rings. The van der Waals surface area contributed by atoms with Crippen LogP contribution in [-0.2, 0) is 6.54 Å². The maximum Gasteiger partial charge on any atom is 0.270 e. The summed E-state index contributed by atoms with van der Waals surface area (Å²) >= 11 is 1.30. The Kier molecular flexibility index (Phi) is 5.81.